The molecule has 2 aromatic carbocycles. The van der Waals surface area contributed by atoms with Gasteiger partial charge in [-0.15, -0.1) is 0 Å². The second-order valence-corrected chi connectivity index (χ2v) is 6.38. The van der Waals surface area contributed by atoms with Crippen molar-refractivity contribution in [3.05, 3.63) is 34.9 Å². The van der Waals surface area contributed by atoms with Crippen molar-refractivity contribution in [2.75, 3.05) is 27.6 Å². The lowest BCUT2D eigenvalue weighted by molar-refractivity contribution is 0.174. The third kappa shape index (κ3) is 1.79. The zero-order valence-corrected chi connectivity index (χ0v) is 13.8. The number of nitrogens with one attached hydrogen (secondary N) is 1. The van der Waals surface area contributed by atoms with Gasteiger partial charge in [0.2, 0.25) is 6.79 Å². The van der Waals surface area contributed by atoms with Gasteiger partial charge in [-0.3, -0.25) is 0 Å². The predicted octanol–water partition coefficient (Wildman–Crippen LogP) is 2.84. The lowest BCUT2D eigenvalue weighted by atomic mass is 9.77. The van der Waals surface area contributed by atoms with E-state index in [1.165, 1.54) is 16.7 Å². The molecule has 5 rings (SSSR count). The molecule has 3 aliphatic rings. The molecular weight excluding hydrogens is 306 g/mol. The number of methoxy groups -OCH3 is 2. The van der Waals surface area contributed by atoms with Crippen molar-refractivity contribution in [3.8, 4) is 34.1 Å². The van der Waals surface area contributed by atoms with Gasteiger partial charge in [0, 0.05) is 11.6 Å². The summed E-state index contributed by atoms with van der Waals surface area (Å²) in [5.74, 6) is 3.21. The van der Waals surface area contributed by atoms with Gasteiger partial charge < -0.3 is 24.3 Å². The maximum atomic E-state index is 5.83. The molecule has 0 unspecified atom stereocenters. The third-order valence-electron chi connectivity index (χ3n) is 5.23. The van der Waals surface area contributed by atoms with Gasteiger partial charge in [-0.05, 0) is 59.8 Å². The highest BCUT2D eigenvalue weighted by molar-refractivity contribution is 5.85. The van der Waals surface area contributed by atoms with E-state index in [4.69, 9.17) is 18.9 Å². The van der Waals surface area contributed by atoms with Crippen LogP contribution in [0.4, 0.5) is 0 Å². The zero-order valence-electron chi connectivity index (χ0n) is 13.8. The summed E-state index contributed by atoms with van der Waals surface area (Å²) >= 11 is 0. The summed E-state index contributed by atoms with van der Waals surface area (Å²) in [6, 6.07) is 6.61. The molecule has 1 N–H and O–H groups in total. The standard InChI is InChI=1S/C19H19NO4/c1-21-14-7-11-5-13-17-10(3-4-20-13)6-16-19(24-9-23-16)18(17)12(11)8-15(14)22-2/h6-8,13,20H,3-5,9H2,1-2H3/t13-/m0/s1. The molecule has 0 bridgehead atoms. The van der Waals surface area contributed by atoms with Crippen LogP contribution in [0.2, 0.25) is 0 Å². The van der Waals surface area contributed by atoms with Gasteiger partial charge in [-0.2, -0.15) is 0 Å². The molecule has 2 aliphatic heterocycles. The Bertz CT molecular complexity index is 846. The molecule has 124 valence electrons. The topological polar surface area (TPSA) is 49.0 Å². The fraction of sp³-hybridized carbons (Fsp3) is 0.368. The molecule has 2 aromatic rings. The molecule has 0 amide bonds. The van der Waals surface area contributed by atoms with Gasteiger partial charge in [-0.1, -0.05) is 0 Å². The number of hydrogen-bond donors (Lipinski definition) is 1. The van der Waals surface area contributed by atoms with Crippen molar-refractivity contribution in [3.63, 3.8) is 0 Å². The Labute approximate surface area is 140 Å². The fourth-order valence-electron chi connectivity index (χ4n) is 4.18. The summed E-state index contributed by atoms with van der Waals surface area (Å²) in [7, 11) is 3.34. The summed E-state index contributed by atoms with van der Waals surface area (Å²) in [5, 5.41) is 3.65. The van der Waals surface area contributed by atoms with Crippen molar-refractivity contribution in [1.29, 1.82) is 0 Å². The molecule has 0 saturated heterocycles. The first kappa shape index (κ1) is 14.0. The Morgan fingerprint density at radius 1 is 1.04 bits per heavy atom. The Morgan fingerprint density at radius 2 is 1.88 bits per heavy atom. The quantitative estimate of drug-likeness (QED) is 0.920. The van der Waals surface area contributed by atoms with Crippen molar-refractivity contribution < 1.29 is 18.9 Å². The highest BCUT2D eigenvalue weighted by Gasteiger charge is 2.36. The normalized spacial score (nSPS) is 19.5. The van der Waals surface area contributed by atoms with Crippen LogP contribution < -0.4 is 24.3 Å². The van der Waals surface area contributed by atoms with Crippen LogP contribution in [0.25, 0.3) is 11.1 Å². The van der Waals surface area contributed by atoms with Crippen molar-refractivity contribution in [2.24, 2.45) is 0 Å². The molecule has 0 fully saturated rings. The average Bonchev–Trinajstić information content (AvgIpc) is 3.08. The first-order valence-corrected chi connectivity index (χ1v) is 8.24. The van der Waals surface area contributed by atoms with Crippen molar-refractivity contribution in [2.45, 2.75) is 18.9 Å². The molecule has 0 saturated carbocycles. The molecule has 5 nitrogen and oxygen atoms in total. The SMILES string of the molecule is COc1cc2c(cc1OC)-c1c3c(cc4c1[C@H](C2)NCC4)OCO3. The Morgan fingerprint density at radius 3 is 2.71 bits per heavy atom. The predicted molar refractivity (Wildman–Crippen MR) is 89.3 cm³/mol. The molecule has 0 spiro atoms. The highest BCUT2D eigenvalue weighted by Crippen LogP contribution is 2.53. The van der Waals surface area contributed by atoms with E-state index >= 15 is 0 Å². The summed E-state index contributed by atoms with van der Waals surface area (Å²) < 4.78 is 22.5. The van der Waals surface area contributed by atoms with Crippen LogP contribution in [0.5, 0.6) is 23.0 Å². The monoisotopic (exact) mass is 325 g/mol. The summed E-state index contributed by atoms with van der Waals surface area (Å²) in [4.78, 5) is 0. The van der Waals surface area contributed by atoms with E-state index < -0.39 is 0 Å². The molecule has 0 radical (unpaired) electrons. The fourth-order valence-corrected chi connectivity index (χ4v) is 4.18. The number of hydrogen-bond acceptors (Lipinski definition) is 5. The number of ether oxygens (including phenoxy) is 4. The first-order valence-electron chi connectivity index (χ1n) is 8.24. The lowest BCUT2D eigenvalue weighted by Gasteiger charge is -2.35. The van der Waals surface area contributed by atoms with Gasteiger partial charge in [0.25, 0.3) is 0 Å². The van der Waals surface area contributed by atoms with E-state index in [0.717, 1.165) is 53.5 Å². The largest absolute Gasteiger partial charge is 0.493 e. The molecule has 1 atom stereocenters. The zero-order chi connectivity index (χ0) is 16.3. The summed E-state index contributed by atoms with van der Waals surface area (Å²) in [6.45, 7) is 1.27. The van der Waals surface area contributed by atoms with Crippen LogP contribution in [0.3, 0.4) is 0 Å². The molecule has 0 aromatic heterocycles. The summed E-state index contributed by atoms with van der Waals surface area (Å²) in [5.41, 5.74) is 6.27. The molecule has 2 heterocycles. The van der Waals surface area contributed by atoms with E-state index in [0.29, 0.717) is 6.04 Å². The van der Waals surface area contributed by atoms with Crippen LogP contribution >= 0.6 is 0 Å². The maximum absolute atomic E-state index is 5.83. The van der Waals surface area contributed by atoms with Gasteiger partial charge >= 0.3 is 0 Å². The minimum atomic E-state index is 0.284. The second-order valence-electron chi connectivity index (χ2n) is 6.38. The Hall–Kier alpha value is -2.40. The van der Waals surface area contributed by atoms with E-state index in [1.807, 2.05) is 0 Å². The van der Waals surface area contributed by atoms with E-state index in [9.17, 15) is 0 Å². The molecule has 1 aliphatic carbocycles. The minimum absolute atomic E-state index is 0.284. The molecular formula is C19H19NO4. The van der Waals surface area contributed by atoms with Crippen molar-refractivity contribution in [1.82, 2.24) is 5.32 Å². The average molecular weight is 325 g/mol. The Balaban J connectivity index is 1.83. The van der Waals surface area contributed by atoms with Crippen LogP contribution in [0.15, 0.2) is 18.2 Å². The molecule has 24 heavy (non-hydrogen) atoms. The minimum Gasteiger partial charge on any atom is -0.493 e. The Kier molecular flexibility index (Phi) is 2.94. The molecule has 5 heteroatoms. The number of rotatable bonds is 2. The van der Waals surface area contributed by atoms with Crippen LogP contribution in [-0.2, 0) is 12.8 Å². The number of benzene rings is 2. The van der Waals surface area contributed by atoms with Gasteiger partial charge in [0.05, 0.1) is 14.2 Å². The van der Waals surface area contributed by atoms with Gasteiger partial charge in [0.1, 0.15) is 0 Å². The number of fused-ring (bicyclic) bond motifs is 4. The highest BCUT2D eigenvalue weighted by atomic mass is 16.7. The van der Waals surface area contributed by atoms with Crippen LogP contribution in [-0.4, -0.2) is 27.6 Å². The smallest absolute Gasteiger partial charge is 0.231 e. The van der Waals surface area contributed by atoms with Gasteiger partial charge in [0.15, 0.2) is 23.0 Å². The second kappa shape index (κ2) is 5.05. The van der Waals surface area contributed by atoms with E-state index in [2.05, 4.69) is 23.5 Å². The first-order chi connectivity index (χ1) is 11.8. The maximum Gasteiger partial charge on any atom is 0.231 e. The lowest BCUT2D eigenvalue weighted by Crippen LogP contribution is -2.33. The summed E-state index contributed by atoms with van der Waals surface area (Å²) in [6.07, 6.45) is 1.95. The third-order valence-corrected chi connectivity index (χ3v) is 5.23. The van der Waals surface area contributed by atoms with E-state index in [1.54, 1.807) is 14.2 Å². The van der Waals surface area contributed by atoms with Crippen molar-refractivity contribution >= 4 is 0 Å². The van der Waals surface area contributed by atoms with Crippen LogP contribution in [0.1, 0.15) is 22.7 Å². The van der Waals surface area contributed by atoms with Gasteiger partial charge in [-0.25, -0.2) is 0 Å². The van der Waals surface area contributed by atoms with E-state index in [-0.39, 0.29) is 6.79 Å². The van der Waals surface area contributed by atoms with Crippen LogP contribution in [0, 0.1) is 0 Å².